The molecule has 4 heteroatoms. The van der Waals surface area contributed by atoms with E-state index >= 15 is 0 Å². The number of rotatable bonds is 8. The van der Waals surface area contributed by atoms with Crippen LogP contribution in [0.5, 0.6) is 0 Å². The molecular weight excluding hydrogens is 246 g/mol. The molecule has 2 aliphatic rings. The number of hydrogen-bond donors (Lipinski definition) is 1. The maximum Gasteiger partial charge on any atom is 0.327 e. The number of nitrogens with one attached hydrogen (secondary N) is 1. The minimum absolute atomic E-state index is 0.0208. The monoisotopic (exact) mass is 271 g/mol. The van der Waals surface area contributed by atoms with Gasteiger partial charge in [-0.15, -0.1) is 0 Å². The van der Waals surface area contributed by atoms with Crippen LogP contribution in [-0.4, -0.2) is 35.2 Å². The van der Waals surface area contributed by atoms with Crippen LogP contribution in [0, 0.1) is 5.92 Å². The third-order valence-corrected chi connectivity index (χ3v) is 4.89. The molecular formula is C14H25NO2S. The highest BCUT2D eigenvalue weighted by Gasteiger charge is 2.53. The fraction of sp³-hybridized carbons (Fsp3) is 0.929. The Morgan fingerprint density at radius 2 is 2.06 bits per heavy atom. The molecule has 0 bridgehead atoms. The van der Waals surface area contributed by atoms with E-state index in [9.17, 15) is 4.79 Å². The number of thioether (sulfide) groups is 1. The molecule has 104 valence electrons. The molecule has 0 saturated heterocycles. The van der Waals surface area contributed by atoms with Crippen molar-refractivity contribution in [1.29, 1.82) is 0 Å². The van der Waals surface area contributed by atoms with Crippen LogP contribution in [0.1, 0.15) is 46.5 Å². The van der Waals surface area contributed by atoms with Crippen LogP contribution in [0.25, 0.3) is 0 Å². The summed E-state index contributed by atoms with van der Waals surface area (Å²) in [6.45, 7) is 6.74. The Labute approximate surface area is 114 Å². The molecule has 2 rings (SSSR count). The minimum atomic E-state index is -0.411. The Balaban J connectivity index is 2.07. The third kappa shape index (κ3) is 3.41. The van der Waals surface area contributed by atoms with E-state index in [4.69, 9.17) is 4.74 Å². The van der Waals surface area contributed by atoms with Crippen molar-refractivity contribution in [3.8, 4) is 0 Å². The van der Waals surface area contributed by atoms with Crippen LogP contribution in [0.3, 0.4) is 0 Å². The number of ether oxygens (including phenoxy) is 1. The summed E-state index contributed by atoms with van der Waals surface area (Å²) in [5.74, 6) is 1.32. The molecule has 0 amide bonds. The van der Waals surface area contributed by atoms with Gasteiger partial charge in [-0.1, -0.05) is 13.8 Å². The van der Waals surface area contributed by atoms with Crippen LogP contribution >= 0.6 is 11.8 Å². The summed E-state index contributed by atoms with van der Waals surface area (Å²) in [4.78, 5) is 12.4. The second kappa shape index (κ2) is 5.83. The normalized spacial score (nSPS) is 22.9. The van der Waals surface area contributed by atoms with Crippen LogP contribution in [0.4, 0.5) is 0 Å². The third-order valence-electron chi connectivity index (χ3n) is 3.60. The fourth-order valence-corrected chi connectivity index (χ4v) is 3.32. The first-order valence-corrected chi connectivity index (χ1v) is 8.20. The van der Waals surface area contributed by atoms with E-state index in [1.165, 1.54) is 12.8 Å². The van der Waals surface area contributed by atoms with Gasteiger partial charge in [0, 0.05) is 11.8 Å². The lowest BCUT2D eigenvalue weighted by atomic mass is 9.95. The Kier molecular flexibility index (Phi) is 4.59. The molecule has 3 nitrogen and oxygen atoms in total. The van der Waals surface area contributed by atoms with Crippen LogP contribution in [-0.2, 0) is 9.53 Å². The molecule has 18 heavy (non-hydrogen) atoms. The lowest BCUT2D eigenvalue weighted by Crippen LogP contribution is -2.58. The maximum absolute atomic E-state index is 12.4. The molecule has 2 saturated carbocycles. The van der Waals surface area contributed by atoms with Crippen molar-refractivity contribution in [3.05, 3.63) is 0 Å². The SMILES string of the molecule is CCOC(=O)C(CSC(C)C)(NC1CC1)C1CC1. The standard InChI is InChI=1S/C14H25NO2S/c1-4-17-13(16)14(11-5-6-11,9-18-10(2)3)15-12-7-8-12/h10-12,15H,4-9H2,1-3H3. The Morgan fingerprint density at radius 1 is 1.39 bits per heavy atom. The largest absolute Gasteiger partial charge is 0.465 e. The van der Waals surface area contributed by atoms with Crippen LogP contribution in [0.2, 0.25) is 0 Å². The lowest BCUT2D eigenvalue weighted by molar-refractivity contribution is -0.151. The van der Waals surface area contributed by atoms with E-state index in [0.29, 0.717) is 23.8 Å². The molecule has 0 aromatic carbocycles. The highest BCUT2D eigenvalue weighted by atomic mass is 32.2. The van der Waals surface area contributed by atoms with Gasteiger partial charge < -0.3 is 4.74 Å². The van der Waals surface area contributed by atoms with Gasteiger partial charge in [-0.25, -0.2) is 0 Å². The highest BCUT2D eigenvalue weighted by molar-refractivity contribution is 7.99. The summed E-state index contributed by atoms with van der Waals surface area (Å²) < 4.78 is 5.35. The zero-order valence-electron chi connectivity index (χ0n) is 11.7. The summed E-state index contributed by atoms with van der Waals surface area (Å²) in [7, 11) is 0. The van der Waals surface area contributed by atoms with E-state index in [1.54, 1.807) is 0 Å². The Bertz CT molecular complexity index is 300. The zero-order valence-corrected chi connectivity index (χ0v) is 12.5. The van der Waals surface area contributed by atoms with Gasteiger partial charge in [0.05, 0.1) is 6.61 Å². The average Bonchev–Trinajstić information content (AvgIpc) is 3.14. The van der Waals surface area contributed by atoms with Crippen molar-refractivity contribution in [3.63, 3.8) is 0 Å². The summed E-state index contributed by atoms with van der Waals surface area (Å²) in [5, 5.41) is 4.17. The predicted octanol–water partition coefficient (Wildman–Crippen LogP) is 2.59. The number of hydrogen-bond acceptors (Lipinski definition) is 4. The second-order valence-corrected chi connectivity index (χ2v) is 7.31. The summed E-state index contributed by atoms with van der Waals surface area (Å²) in [6, 6.07) is 0.544. The Hall–Kier alpha value is -0.220. The van der Waals surface area contributed by atoms with Crippen molar-refractivity contribution in [1.82, 2.24) is 5.32 Å². The summed E-state index contributed by atoms with van der Waals surface area (Å²) in [5.41, 5.74) is -0.411. The van der Waals surface area contributed by atoms with Crippen molar-refractivity contribution in [2.45, 2.75) is 63.3 Å². The predicted molar refractivity (Wildman–Crippen MR) is 75.8 cm³/mol. The molecule has 0 aliphatic heterocycles. The van der Waals surface area contributed by atoms with Crippen molar-refractivity contribution in [2.75, 3.05) is 12.4 Å². The van der Waals surface area contributed by atoms with Crippen LogP contribution < -0.4 is 5.32 Å². The molecule has 1 atom stereocenters. The summed E-state index contributed by atoms with van der Waals surface area (Å²) in [6.07, 6.45) is 4.74. The lowest BCUT2D eigenvalue weighted by Gasteiger charge is -2.33. The molecule has 0 radical (unpaired) electrons. The van der Waals surface area contributed by atoms with Gasteiger partial charge in [0.1, 0.15) is 5.54 Å². The molecule has 1 unspecified atom stereocenters. The Morgan fingerprint density at radius 3 is 2.50 bits per heavy atom. The van der Waals surface area contributed by atoms with Gasteiger partial charge in [0.25, 0.3) is 0 Å². The first-order valence-electron chi connectivity index (χ1n) is 7.15. The van der Waals surface area contributed by atoms with Gasteiger partial charge in [-0.3, -0.25) is 10.1 Å². The smallest absolute Gasteiger partial charge is 0.327 e. The van der Waals surface area contributed by atoms with Gasteiger partial charge in [0.15, 0.2) is 0 Å². The minimum Gasteiger partial charge on any atom is -0.465 e. The van der Waals surface area contributed by atoms with E-state index in [0.717, 1.165) is 18.6 Å². The topological polar surface area (TPSA) is 38.3 Å². The van der Waals surface area contributed by atoms with E-state index in [1.807, 2.05) is 18.7 Å². The van der Waals surface area contributed by atoms with Crippen molar-refractivity contribution in [2.24, 2.45) is 5.92 Å². The quantitative estimate of drug-likeness (QED) is 0.689. The number of carbonyl (C=O) groups is 1. The maximum atomic E-state index is 12.4. The van der Waals surface area contributed by atoms with Crippen LogP contribution in [0.15, 0.2) is 0 Å². The molecule has 0 spiro atoms. The first-order chi connectivity index (χ1) is 8.58. The molecule has 2 fully saturated rings. The van der Waals surface area contributed by atoms with Gasteiger partial charge in [0.2, 0.25) is 0 Å². The van der Waals surface area contributed by atoms with Gasteiger partial charge in [-0.2, -0.15) is 11.8 Å². The molecule has 0 aromatic rings. The van der Waals surface area contributed by atoms with E-state index in [2.05, 4.69) is 19.2 Å². The highest BCUT2D eigenvalue weighted by Crippen LogP contribution is 2.44. The molecule has 0 aromatic heterocycles. The fourth-order valence-electron chi connectivity index (χ4n) is 2.29. The zero-order chi connectivity index (χ0) is 13.2. The van der Waals surface area contributed by atoms with E-state index < -0.39 is 5.54 Å². The van der Waals surface area contributed by atoms with E-state index in [-0.39, 0.29) is 5.97 Å². The van der Waals surface area contributed by atoms with Crippen molar-refractivity contribution < 1.29 is 9.53 Å². The first kappa shape index (κ1) is 14.2. The average molecular weight is 271 g/mol. The molecule has 1 N–H and O–H groups in total. The van der Waals surface area contributed by atoms with Crippen molar-refractivity contribution >= 4 is 17.7 Å². The molecule has 2 aliphatic carbocycles. The van der Waals surface area contributed by atoms with Gasteiger partial charge >= 0.3 is 5.97 Å². The summed E-state index contributed by atoms with van der Waals surface area (Å²) >= 11 is 1.87. The number of carbonyl (C=O) groups excluding carboxylic acids is 1. The second-order valence-electron chi connectivity index (χ2n) is 5.74. The molecule has 0 heterocycles. The van der Waals surface area contributed by atoms with Gasteiger partial charge in [-0.05, 0) is 43.8 Å². The number of esters is 1.